The average molecular weight is 243 g/mol. The summed E-state index contributed by atoms with van der Waals surface area (Å²) in [5, 5.41) is 9.09. The lowest BCUT2D eigenvalue weighted by Gasteiger charge is -2.17. The van der Waals surface area contributed by atoms with Crippen molar-refractivity contribution in [1.82, 2.24) is 0 Å². The molecule has 5 heteroatoms. The Morgan fingerprint density at radius 3 is 2.47 bits per heavy atom. The highest BCUT2D eigenvalue weighted by Gasteiger charge is 2.34. The third-order valence-corrected chi connectivity index (χ3v) is 2.87. The molecule has 1 unspecified atom stereocenters. The molecule has 1 aliphatic heterocycles. The number of hydrogen-bond acceptors (Lipinski definition) is 5. The fraction of sp³-hybridized carbons (Fsp3) is 0.917. The van der Waals surface area contributed by atoms with Crippen LogP contribution in [0, 0.1) is 16.7 Å². The summed E-state index contributed by atoms with van der Waals surface area (Å²) in [6.45, 7) is 4.14. The predicted molar refractivity (Wildman–Crippen MR) is 61.6 cm³/mol. The summed E-state index contributed by atoms with van der Waals surface area (Å²) >= 11 is 0. The minimum absolute atomic E-state index is 0.323. The van der Waals surface area contributed by atoms with E-state index in [0.29, 0.717) is 46.2 Å². The van der Waals surface area contributed by atoms with E-state index in [1.54, 1.807) is 7.11 Å². The van der Waals surface area contributed by atoms with Gasteiger partial charge in [-0.3, -0.25) is 0 Å². The highest BCUT2D eigenvalue weighted by molar-refractivity contribution is 5.01. The molecular weight excluding hydrogens is 222 g/mol. The van der Waals surface area contributed by atoms with Crippen molar-refractivity contribution < 1.29 is 18.9 Å². The van der Waals surface area contributed by atoms with Gasteiger partial charge in [0.15, 0.2) is 0 Å². The van der Waals surface area contributed by atoms with Crippen molar-refractivity contribution in [3.05, 3.63) is 0 Å². The molecule has 0 spiro atoms. The number of hydrogen-bond donors (Lipinski definition) is 0. The quantitative estimate of drug-likeness (QED) is 0.565. The SMILES string of the molecule is COCCOCCOCCC1(C#N)CCOC1. The van der Waals surface area contributed by atoms with Gasteiger partial charge in [0.25, 0.3) is 0 Å². The van der Waals surface area contributed by atoms with Crippen molar-refractivity contribution in [2.75, 3.05) is 53.4 Å². The minimum atomic E-state index is -0.323. The van der Waals surface area contributed by atoms with Gasteiger partial charge in [-0.15, -0.1) is 0 Å². The molecule has 0 N–H and O–H groups in total. The van der Waals surface area contributed by atoms with Gasteiger partial charge >= 0.3 is 0 Å². The normalized spacial score (nSPS) is 23.8. The number of rotatable bonds is 9. The van der Waals surface area contributed by atoms with Crippen LogP contribution in [-0.4, -0.2) is 53.4 Å². The van der Waals surface area contributed by atoms with Gasteiger partial charge in [0.1, 0.15) is 0 Å². The van der Waals surface area contributed by atoms with E-state index >= 15 is 0 Å². The lowest BCUT2D eigenvalue weighted by molar-refractivity contribution is 0.0188. The zero-order chi connectivity index (χ0) is 12.4. The first-order valence-corrected chi connectivity index (χ1v) is 5.96. The Balaban J connectivity index is 1.95. The van der Waals surface area contributed by atoms with Crippen LogP contribution in [0.4, 0.5) is 0 Å². The van der Waals surface area contributed by atoms with Crippen LogP contribution < -0.4 is 0 Å². The molecular formula is C12H21NO4. The molecule has 0 bridgehead atoms. The molecule has 0 aliphatic carbocycles. The van der Waals surface area contributed by atoms with Gasteiger partial charge in [-0.25, -0.2) is 0 Å². The van der Waals surface area contributed by atoms with E-state index in [4.69, 9.17) is 24.2 Å². The van der Waals surface area contributed by atoms with Crippen molar-refractivity contribution in [1.29, 1.82) is 5.26 Å². The summed E-state index contributed by atoms with van der Waals surface area (Å²) in [5.74, 6) is 0. The van der Waals surface area contributed by atoms with Crippen LogP contribution in [0.1, 0.15) is 12.8 Å². The van der Waals surface area contributed by atoms with Crippen LogP contribution in [-0.2, 0) is 18.9 Å². The number of nitriles is 1. The lowest BCUT2D eigenvalue weighted by atomic mass is 9.86. The molecule has 0 amide bonds. The van der Waals surface area contributed by atoms with Gasteiger partial charge in [-0.2, -0.15) is 5.26 Å². The summed E-state index contributed by atoms with van der Waals surface area (Å²) in [7, 11) is 1.64. The second-order valence-corrected chi connectivity index (χ2v) is 4.16. The van der Waals surface area contributed by atoms with Gasteiger partial charge in [-0.1, -0.05) is 0 Å². The molecule has 98 valence electrons. The largest absolute Gasteiger partial charge is 0.382 e. The molecule has 1 fully saturated rings. The van der Waals surface area contributed by atoms with E-state index < -0.39 is 0 Å². The summed E-state index contributed by atoms with van der Waals surface area (Å²) in [6, 6.07) is 2.34. The minimum Gasteiger partial charge on any atom is -0.382 e. The topological polar surface area (TPSA) is 60.7 Å². The zero-order valence-corrected chi connectivity index (χ0v) is 10.4. The fourth-order valence-electron chi connectivity index (χ4n) is 1.68. The van der Waals surface area contributed by atoms with Crippen LogP contribution >= 0.6 is 0 Å². The van der Waals surface area contributed by atoms with Gasteiger partial charge < -0.3 is 18.9 Å². The molecule has 0 saturated carbocycles. The fourth-order valence-corrected chi connectivity index (χ4v) is 1.68. The van der Waals surface area contributed by atoms with Gasteiger partial charge in [0, 0.05) is 20.3 Å². The number of nitrogens with zero attached hydrogens (tertiary/aromatic N) is 1. The van der Waals surface area contributed by atoms with E-state index in [0.717, 1.165) is 12.8 Å². The van der Waals surface area contributed by atoms with E-state index in [9.17, 15) is 0 Å². The molecule has 1 heterocycles. The van der Waals surface area contributed by atoms with E-state index in [1.807, 2.05) is 0 Å². The molecule has 0 aromatic carbocycles. The van der Waals surface area contributed by atoms with Crippen molar-refractivity contribution in [2.45, 2.75) is 12.8 Å². The summed E-state index contributed by atoms with van der Waals surface area (Å²) in [5.41, 5.74) is -0.323. The predicted octanol–water partition coefficient (Wildman–Crippen LogP) is 0.986. The van der Waals surface area contributed by atoms with Crippen molar-refractivity contribution in [3.8, 4) is 6.07 Å². The molecule has 1 atom stereocenters. The van der Waals surface area contributed by atoms with Crippen molar-refractivity contribution in [3.63, 3.8) is 0 Å². The Bertz CT molecular complexity index is 233. The Morgan fingerprint density at radius 1 is 1.18 bits per heavy atom. The Hall–Kier alpha value is -0.670. The summed E-state index contributed by atoms with van der Waals surface area (Å²) < 4.78 is 20.8. The average Bonchev–Trinajstić information content (AvgIpc) is 2.82. The first-order valence-electron chi connectivity index (χ1n) is 5.96. The van der Waals surface area contributed by atoms with E-state index in [-0.39, 0.29) is 5.41 Å². The van der Waals surface area contributed by atoms with Crippen LogP contribution in [0.3, 0.4) is 0 Å². The first kappa shape index (κ1) is 14.4. The molecule has 0 radical (unpaired) electrons. The zero-order valence-electron chi connectivity index (χ0n) is 10.4. The number of methoxy groups -OCH3 is 1. The van der Waals surface area contributed by atoms with Crippen LogP contribution in [0.25, 0.3) is 0 Å². The Kier molecular flexibility index (Phi) is 7.13. The van der Waals surface area contributed by atoms with Crippen LogP contribution in [0.15, 0.2) is 0 Å². The standard InChI is InChI=1S/C12H21NO4/c1-14-6-7-16-9-8-15-4-2-12(10-13)3-5-17-11-12/h2-9,11H2,1H3. The van der Waals surface area contributed by atoms with Crippen LogP contribution in [0.2, 0.25) is 0 Å². The van der Waals surface area contributed by atoms with Crippen molar-refractivity contribution >= 4 is 0 Å². The third-order valence-electron chi connectivity index (χ3n) is 2.87. The molecule has 0 aromatic rings. The maximum absolute atomic E-state index is 9.09. The van der Waals surface area contributed by atoms with E-state index in [1.165, 1.54) is 0 Å². The van der Waals surface area contributed by atoms with Crippen LogP contribution in [0.5, 0.6) is 0 Å². The second kappa shape index (κ2) is 8.43. The van der Waals surface area contributed by atoms with Crippen molar-refractivity contribution in [2.24, 2.45) is 5.41 Å². The smallest absolute Gasteiger partial charge is 0.0850 e. The maximum atomic E-state index is 9.09. The van der Waals surface area contributed by atoms with Gasteiger partial charge in [0.2, 0.25) is 0 Å². The van der Waals surface area contributed by atoms with Gasteiger partial charge in [-0.05, 0) is 12.8 Å². The molecule has 0 aromatic heterocycles. The second-order valence-electron chi connectivity index (χ2n) is 4.16. The monoisotopic (exact) mass is 243 g/mol. The highest BCUT2D eigenvalue weighted by atomic mass is 16.5. The highest BCUT2D eigenvalue weighted by Crippen LogP contribution is 2.31. The Labute approximate surface area is 103 Å². The first-order chi connectivity index (χ1) is 8.33. The third kappa shape index (κ3) is 5.46. The number of ether oxygens (including phenoxy) is 4. The Morgan fingerprint density at radius 2 is 1.88 bits per heavy atom. The molecule has 1 saturated heterocycles. The molecule has 1 rings (SSSR count). The van der Waals surface area contributed by atoms with E-state index in [2.05, 4.69) is 6.07 Å². The molecule has 1 aliphatic rings. The molecule has 17 heavy (non-hydrogen) atoms. The summed E-state index contributed by atoms with van der Waals surface area (Å²) in [6.07, 6.45) is 1.55. The van der Waals surface area contributed by atoms with Gasteiger partial charge in [0.05, 0.1) is 44.5 Å². The lowest BCUT2D eigenvalue weighted by Crippen LogP contribution is -2.21. The maximum Gasteiger partial charge on any atom is 0.0850 e. The molecule has 5 nitrogen and oxygen atoms in total. The summed E-state index contributed by atoms with van der Waals surface area (Å²) in [4.78, 5) is 0.